The van der Waals surface area contributed by atoms with Gasteiger partial charge in [0.15, 0.2) is 5.82 Å². The van der Waals surface area contributed by atoms with Crippen molar-refractivity contribution in [1.82, 2.24) is 9.97 Å². The predicted octanol–water partition coefficient (Wildman–Crippen LogP) is 1.81. The number of fused-ring (bicyclic) bond motifs is 1. The van der Waals surface area contributed by atoms with Crippen LogP contribution in [-0.2, 0) is 6.42 Å². The monoisotopic (exact) mass is 256 g/mol. The summed E-state index contributed by atoms with van der Waals surface area (Å²) in [6, 6.07) is 8.34. The molecule has 2 N–H and O–H groups in total. The lowest BCUT2D eigenvalue weighted by Gasteiger charge is -2.17. The maximum absolute atomic E-state index is 5.51. The van der Waals surface area contributed by atoms with E-state index in [2.05, 4.69) is 33.1 Å². The third-order valence-corrected chi connectivity index (χ3v) is 3.26. The summed E-state index contributed by atoms with van der Waals surface area (Å²) in [5, 5.41) is 0. The van der Waals surface area contributed by atoms with Crippen molar-refractivity contribution in [3.63, 3.8) is 0 Å². The quantitative estimate of drug-likeness (QED) is 0.830. The fourth-order valence-corrected chi connectivity index (χ4v) is 2.27. The summed E-state index contributed by atoms with van der Waals surface area (Å²) in [6.07, 6.45) is 4.38. The minimum Gasteiger partial charge on any atom is -0.388 e. The highest BCUT2D eigenvalue weighted by Gasteiger charge is 2.20. The van der Waals surface area contributed by atoms with E-state index in [1.165, 1.54) is 11.3 Å². The molecule has 2 aromatic rings. The molecule has 0 saturated carbocycles. The van der Waals surface area contributed by atoms with Crippen LogP contribution in [0.5, 0.6) is 0 Å². The Labute approximate surface area is 110 Å². The van der Waals surface area contributed by atoms with Gasteiger partial charge in [0.2, 0.25) is 0 Å². The number of rotatable bonds is 2. The molecule has 90 valence electrons. The first kappa shape index (κ1) is 11.1. The standard InChI is InChI=1S/C13H12N4S/c14-13(18)10-7-16-12(8-15-10)17-6-5-9-3-1-2-4-11(9)17/h1-4,7-8H,5-6H2,(H2,14,18). The summed E-state index contributed by atoms with van der Waals surface area (Å²) >= 11 is 4.86. The van der Waals surface area contributed by atoms with Crippen molar-refractivity contribution in [2.45, 2.75) is 6.42 Å². The molecule has 0 saturated heterocycles. The van der Waals surface area contributed by atoms with Crippen LogP contribution in [0.2, 0.25) is 0 Å². The Bertz CT molecular complexity index is 594. The number of thiocarbonyl (C=S) groups is 1. The van der Waals surface area contributed by atoms with Crippen LogP contribution in [0.15, 0.2) is 36.7 Å². The molecule has 1 aromatic heterocycles. The molecule has 0 fully saturated rings. The molecule has 3 rings (SSSR count). The van der Waals surface area contributed by atoms with Gasteiger partial charge in [-0.3, -0.25) is 0 Å². The van der Waals surface area contributed by atoms with Gasteiger partial charge in [-0.15, -0.1) is 0 Å². The minimum absolute atomic E-state index is 0.274. The van der Waals surface area contributed by atoms with Gasteiger partial charge in [-0.1, -0.05) is 30.4 Å². The van der Waals surface area contributed by atoms with E-state index in [9.17, 15) is 0 Å². The van der Waals surface area contributed by atoms with Gasteiger partial charge < -0.3 is 10.6 Å². The number of nitrogens with two attached hydrogens (primary N) is 1. The first-order valence-electron chi connectivity index (χ1n) is 5.73. The normalized spacial score (nSPS) is 13.4. The second kappa shape index (κ2) is 4.34. The number of nitrogens with zero attached hydrogens (tertiary/aromatic N) is 3. The third kappa shape index (κ3) is 1.82. The lowest BCUT2D eigenvalue weighted by Crippen LogP contribution is -2.17. The van der Waals surface area contributed by atoms with E-state index in [1.807, 2.05) is 6.07 Å². The van der Waals surface area contributed by atoms with E-state index in [4.69, 9.17) is 18.0 Å². The minimum atomic E-state index is 0.274. The molecule has 0 unspecified atom stereocenters. The highest BCUT2D eigenvalue weighted by molar-refractivity contribution is 7.80. The van der Waals surface area contributed by atoms with Crippen molar-refractivity contribution in [3.05, 3.63) is 47.9 Å². The van der Waals surface area contributed by atoms with Crippen LogP contribution >= 0.6 is 12.2 Å². The molecule has 0 aliphatic carbocycles. The number of hydrogen-bond acceptors (Lipinski definition) is 4. The zero-order chi connectivity index (χ0) is 12.5. The maximum Gasteiger partial charge on any atom is 0.151 e. The van der Waals surface area contributed by atoms with Crippen LogP contribution in [0.3, 0.4) is 0 Å². The molecule has 0 radical (unpaired) electrons. The SMILES string of the molecule is NC(=S)c1cnc(N2CCc3ccccc32)cn1. The smallest absolute Gasteiger partial charge is 0.151 e. The van der Waals surface area contributed by atoms with Crippen LogP contribution in [-0.4, -0.2) is 21.5 Å². The summed E-state index contributed by atoms with van der Waals surface area (Å²) in [4.78, 5) is 11.0. The number of aromatic nitrogens is 2. The maximum atomic E-state index is 5.51. The Morgan fingerprint density at radius 1 is 1.22 bits per heavy atom. The van der Waals surface area contributed by atoms with Crippen LogP contribution in [0.4, 0.5) is 11.5 Å². The molecule has 4 nitrogen and oxygen atoms in total. The van der Waals surface area contributed by atoms with Gasteiger partial charge in [0.25, 0.3) is 0 Å². The Hall–Kier alpha value is -2.01. The van der Waals surface area contributed by atoms with Gasteiger partial charge in [0.1, 0.15) is 10.7 Å². The fraction of sp³-hybridized carbons (Fsp3) is 0.154. The largest absolute Gasteiger partial charge is 0.388 e. The lowest BCUT2D eigenvalue weighted by atomic mass is 10.2. The van der Waals surface area contributed by atoms with E-state index >= 15 is 0 Å². The molecule has 0 bridgehead atoms. The second-order valence-corrected chi connectivity index (χ2v) is 4.59. The Morgan fingerprint density at radius 3 is 2.78 bits per heavy atom. The van der Waals surface area contributed by atoms with Gasteiger partial charge in [-0.25, -0.2) is 9.97 Å². The van der Waals surface area contributed by atoms with Crippen LogP contribution in [0.25, 0.3) is 0 Å². The van der Waals surface area contributed by atoms with E-state index in [-0.39, 0.29) is 4.99 Å². The number of benzene rings is 1. The van der Waals surface area contributed by atoms with Crippen LogP contribution in [0.1, 0.15) is 11.3 Å². The lowest BCUT2D eigenvalue weighted by molar-refractivity contribution is 0.962. The van der Waals surface area contributed by atoms with Gasteiger partial charge in [0, 0.05) is 12.2 Å². The van der Waals surface area contributed by atoms with E-state index < -0.39 is 0 Å². The van der Waals surface area contributed by atoms with Gasteiger partial charge in [0.05, 0.1) is 12.4 Å². The van der Waals surface area contributed by atoms with Crippen molar-refractivity contribution in [1.29, 1.82) is 0 Å². The molecule has 1 aromatic carbocycles. The zero-order valence-corrected chi connectivity index (χ0v) is 10.5. The summed E-state index contributed by atoms with van der Waals surface area (Å²) in [5.41, 5.74) is 8.61. The Kier molecular flexibility index (Phi) is 2.68. The highest BCUT2D eigenvalue weighted by atomic mass is 32.1. The Morgan fingerprint density at radius 2 is 2.06 bits per heavy atom. The number of hydrogen-bond donors (Lipinski definition) is 1. The highest BCUT2D eigenvalue weighted by Crippen LogP contribution is 2.32. The van der Waals surface area contributed by atoms with Crippen molar-refractivity contribution in [2.75, 3.05) is 11.4 Å². The van der Waals surface area contributed by atoms with Crippen LogP contribution in [0, 0.1) is 0 Å². The van der Waals surface area contributed by atoms with E-state index in [0.29, 0.717) is 5.69 Å². The topological polar surface area (TPSA) is 55.0 Å². The molecule has 0 spiro atoms. The summed E-state index contributed by atoms with van der Waals surface area (Å²) < 4.78 is 0. The average Bonchev–Trinajstić information content (AvgIpc) is 2.82. The van der Waals surface area contributed by atoms with E-state index in [1.54, 1.807) is 12.4 Å². The Balaban J connectivity index is 1.95. The second-order valence-electron chi connectivity index (χ2n) is 4.15. The molecule has 18 heavy (non-hydrogen) atoms. The third-order valence-electron chi connectivity index (χ3n) is 3.05. The van der Waals surface area contributed by atoms with Gasteiger partial charge in [-0.05, 0) is 18.1 Å². The molecule has 1 aliphatic heterocycles. The van der Waals surface area contributed by atoms with Gasteiger partial charge >= 0.3 is 0 Å². The van der Waals surface area contributed by atoms with Crippen molar-refractivity contribution in [2.24, 2.45) is 5.73 Å². The molecule has 0 amide bonds. The van der Waals surface area contributed by atoms with Crippen molar-refractivity contribution >= 4 is 28.7 Å². The summed E-state index contributed by atoms with van der Waals surface area (Å²) in [5.74, 6) is 0.833. The zero-order valence-electron chi connectivity index (χ0n) is 9.71. The molecule has 5 heteroatoms. The average molecular weight is 256 g/mol. The van der Waals surface area contributed by atoms with Crippen molar-refractivity contribution in [3.8, 4) is 0 Å². The first-order valence-corrected chi connectivity index (χ1v) is 6.14. The molecular weight excluding hydrogens is 244 g/mol. The molecular formula is C13H12N4S. The summed E-state index contributed by atoms with van der Waals surface area (Å²) in [7, 11) is 0. The molecule has 0 atom stereocenters. The fourth-order valence-electron chi connectivity index (χ4n) is 2.16. The van der Waals surface area contributed by atoms with E-state index in [0.717, 1.165) is 18.8 Å². The van der Waals surface area contributed by atoms with Gasteiger partial charge in [-0.2, -0.15) is 0 Å². The molecule has 1 aliphatic rings. The van der Waals surface area contributed by atoms with Crippen LogP contribution < -0.4 is 10.6 Å². The summed E-state index contributed by atoms with van der Waals surface area (Å²) in [6.45, 7) is 0.931. The molecule has 2 heterocycles. The van der Waals surface area contributed by atoms with Crippen molar-refractivity contribution < 1.29 is 0 Å². The first-order chi connectivity index (χ1) is 8.75. The number of anilines is 2. The predicted molar refractivity (Wildman–Crippen MR) is 75.1 cm³/mol. The number of para-hydroxylation sites is 1.